The van der Waals surface area contributed by atoms with Gasteiger partial charge in [0.05, 0.1) is 11.5 Å². The van der Waals surface area contributed by atoms with Crippen molar-refractivity contribution in [2.24, 2.45) is 0 Å². The minimum absolute atomic E-state index is 0.144. The van der Waals surface area contributed by atoms with Crippen LogP contribution in [0, 0.1) is 24.0 Å². The molecule has 2 rings (SSSR count). The molecule has 0 radical (unpaired) electrons. The highest BCUT2D eigenvalue weighted by Crippen LogP contribution is 2.30. The summed E-state index contributed by atoms with van der Waals surface area (Å²) in [4.78, 5) is 10.6. The highest BCUT2D eigenvalue weighted by atomic mass is 16.6. The fourth-order valence-corrected chi connectivity index (χ4v) is 2.15. The van der Waals surface area contributed by atoms with Gasteiger partial charge in [-0.1, -0.05) is 0 Å². The first kappa shape index (κ1) is 15.6. The molecule has 0 aromatic heterocycles. The Bertz CT molecular complexity index is 550. The Balaban J connectivity index is 2.27. The molecule has 0 spiro atoms. The Labute approximate surface area is 121 Å². The number of rotatable bonds is 3. The second-order valence-corrected chi connectivity index (χ2v) is 5.16. The molecule has 1 heterocycles. The van der Waals surface area contributed by atoms with E-state index in [2.05, 4.69) is 5.32 Å². The summed E-state index contributed by atoms with van der Waals surface area (Å²) in [7, 11) is 0. The summed E-state index contributed by atoms with van der Waals surface area (Å²) in [6.45, 7) is 3.40. The van der Waals surface area contributed by atoms with Gasteiger partial charge in [-0.3, -0.25) is 10.1 Å². The molecule has 1 aromatic rings. The monoisotopic (exact) mass is 298 g/mol. The Morgan fingerprint density at radius 2 is 1.86 bits per heavy atom. The van der Waals surface area contributed by atoms with E-state index in [1.807, 2.05) is 0 Å². The molecule has 8 nitrogen and oxygen atoms in total. The van der Waals surface area contributed by atoms with Gasteiger partial charge in [-0.25, -0.2) is 0 Å². The van der Waals surface area contributed by atoms with Gasteiger partial charge in [-0.2, -0.15) is 0 Å². The van der Waals surface area contributed by atoms with Crippen LogP contribution in [0.2, 0.25) is 0 Å². The smallest absolute Gasteiger partial charge is 0.292 e. The Hall–Kier alpha value is -1.74. The number of nitrogens with zero attached hydrogens (tertiary/aromatic N) is 1. The van der Waals surface area contributed by atoms with Crippen molar-refractivity contribution in [2.45, 2.75) is 38.4 Å². The summed E-state index contributed by atoms with van der Waals surface area (Å²) in [5.74, 6) is 0. The van der Waals surface area contributed by atoms with Gasteiger partial charge in [0, 0.05) is 6.07 Å². The first-order valence-electron chi connectivity index (χ1n) is 6.49. The Kier molecular flexibility index (Phi) is 4.43. The number of benzene rings is 1. The van der Waals surface area contributed by atoms with Crippen LogP contribution in [0.25, 0.3) is 0 Å². The largest absolute Gasteiger partial charge is 0.388 e. The lowest BCUT2D eigenvalue weighted by Gasteiger charge is -2.35. The fraction of sp³-hybridized carbons (Fsp3) is 0.538. The zero-order chi connectivity index (χ0) is 15.7. The van der Waals surface area contributed by atoms with E-state index < -0.39 is 29.5 Å². The van der Waals surface area contributed by atoms with Gasteiger partial charge < -0.3 is 25.4 Å². The summed E-state index contributed by atoms with van der Waals surface area (Å²) >= 11 is 0. The molecule has 116 valence electrons. The molecule has 0 bridgehead atoms. The van der Waals surface area contributed by atoms with Gasteiger partial charge in [0.25, 0.3) is 5.69 Å². The predicted octanol–water partition coefficient (Wildman–Crippen LogP) is 0.0625. The third kappa shape index (κ3) is 3.13. The third-order valence-corrected chi connectivity index (χ3v) is 3.61. The topological polar surface area (TPSA) is 125 Å². The fourth-order valence-electron chi connectivity index (χ4n) is 2.15. The Morgan fingerprint density at radius 3 is 2.48 bits per heavy atom. The maximum absolute atomic E-state index is 11.1. The molecule has 1 aliphatic rings. The average molecular weight is 298 g/mol. The maximum Gasteiger partial charge on any atom is 0.292 e. The molecule has 1 fully saturated rings. The van der Waals surface area contributed by atoms with Crippen LogP contribution in [0.5, 0.6) is 0 Å². The van der Waals surface area contributed by atoms with E-state index >= 15 is 0 Å². The van der Waals surface area contributed by atoms with E-state index in [1.54, 1.807) is 19.9 Å². The molecule has 4 N–H and O–H groups in total. The van der Waals surface area contributed by atoms with E-state index in [0.717, 1.165) is 11.1 Å². The summed E-state index contributed by atoms with van der Waals surface area (Å²) in [6.07, 6.45) is -4.99. The summed E-state index contributed by atoms with van der Waals surface area (Å²) in [5.41, 5.74) is 1.66. The minimum Gasteiger partial charge on any atom is -0.388 e. The van der Waals surface area contributed by atoms with Crippen molar-refractivity contribution >= 4 is 11.4 Å². The summed E-state index contributed by atoms with van der Waals surface area (Å²) < 4.78 is 5.19. The molecule has 0 aliphatic carbocycles. The number of aryl methyl sites for hydroxylation is 2. The minimum atomic E-state index is -1.39. The van der Waals surface area contributed by atoms with E-state index in [9.17, 15) is 25.4 Å². The second-order valence-electron chi connectivity index (χ2n) is 5.16. The van der Waals surface area contributed by atoms with Crippen molar-refractivity contribution < 1.29 is 25.0 Å². The van der Waals surface area contributed by atoms with Crippen LogP contribution in [-0.4, -0.2) is 51.4 Å². The number of nitrogens with one attached hydrogen (secondary N) is 1. The quantitative estimate of drug-likeness (QED) is 0.459. The van der Waals surface area contributed by atoms with Crippen LogP contribution >= 0.6 is 0 Å². The van der Waals surface area contributed by atoms with Crippen LogP contribution in [-0.2, 0) is 4.74 Å². The number of ether oxygens (including phenoxy) is 1. The molecule has 8 heteroatoms. The summed E-state index contributed by atoms with van der Waals surface area (Å²) in [6, 6.07) is 3.01. The zero-order valence-corrected chi connectivity index (χ0v) is 11.7. The van der Waals surface area contributed by atoms with Crippen molar-refractivity contribution in [2.75, 3.05) is 11.9 Å². The van der Waals surface area contributed by atoms with Gasteiger partial charge in [0.2, 0.25) is 0 Å². The van der Waals surface area contributed by atoms with Crippen molar-refractivity contribution in [1.82, 2.24) is 0 Å². The number of nitro groups is 1. The predicted molar refractivity (Wildman–Crippen MR) is 74.0 cm³/mol. The van der Waals surface area contributed by atoms with E-state index in [4.69, 9.17) is 4.74 Å². The van der Waals surface area contributed by atoms with Crippen LogP contribution in [0.3, 0.4) is 0 Å². The second kappa shape index (κ2) is 5.94. The van der Waals surface area contributed by atoms with Crippen LogP contribution in [0.4, 0.5) is 11.4 Å². The number of anilines is 1. The normalized spacial score (nSPS) is 29.2. The molecule has 0 saturated carbocycles. The van der Waals surface area contributed by atoms with Crippen LogP contribution in [0.15, 0.2) is 12.1 Å². The molecule has 0 unspecified atom stereocenters. The Morgan fingerprint density at radius 1 is 1.24 bits per heavy atom. The molecule has 1 aliphatic heterocycles. The lowest BCUT2D eigenvalue weighted by atomic mass is 10.0. The van der Waals surface area contributed by atoms with Crippen molar-refractivity contribution in [3.8, 4) is 0 Å². The van der Waals surface area contributed by atoms with E-state index in [1.165, 1.54) is 6.07 Å². The van der Waals surface area contributed by atoms with Gasteiger partial charge in [0.1, 0.15) is 24.0 Å². The molecule has 0 amide bonds. The number of hydrogen-bond acceptors (Lipinski definition) is 7. The lowest BCUT2D eigenvalue weighted by Crippen LogP contribution is -2.55. The van der Waals surface area contributed by atoms with Crippen molar-refractivity contribution in [3.05, 3.63) is 33.4 Å². The first-order chi connectivity index (χ1) is 9.81. The van der Waals surface area contributed by atoms with E-state index in [0.29, 0.717) is 0 Å². The zero-order valence-electron chi connectivity index (χ0n) is 11.7. The molecule has 21 heavy (non-hydrogen) atoms. The van der Waals surface area contributed by atoms with Crippen molar-refractivity contribution in [3.63, 3.8) is 0 Å². The van der Waals surface area contributed by atoms with Crippen LogP contribution in [0.1, 0.15) is 11.1 Å². The molecule has 4 atom stereocenters. The SMILES string of the molecule is Cc1cc(N[C@H]2OC[C@@H](O)[C@@H](O)[C@H]2O)c([N+](=O)[O-])cc1C. The maximum atomic E-state index is 11.1. The van der Waals surface area contributed by atoms with Gasteiger partial charge in [0.15, 0.2) is 6.23 Å². The number of aliphatic hydroxyl groups is 3. The van der Waals surface area contributed by atoms with Crippen molar-refractivity contribution in [1.29, 1.82) is 0 Å². The third-order valence-electron chi connectivity index (χ3n) is 3.61. The first-order valence-corrected chi connectivity index (χ1v) is 6.49. The van der Waals surface area contributed by atoms with Gasteiger partial charge in [-0.05, 0) is 31.0 Å². The van der Waals surface area contributed by atoms with Gasteiger partial charge >= 0.3 is 0 Å². The van der Waals surface area contributed by atoms with E-state index in [-0.39, 0.29) is 18.0 Å². The summed E-state index contributed by atoms with van der Waals surface area (Å²) in [5, 5.41) is 42.7. The average Bonchev–Trinajstić information content (AvgIpc) is 2.43. The number of nitro benzene ring substituents is 1. The molecule has 1 saturated heterocycles. The van der Waals surface area contributed by atoms with Gasteiger partial charge in [-0.15, -0.1) is 0 Å². The number of aliphatic hydroxyl groups excluding tert-OH is 3. The molecular formula is C13H18N2O6. The molecular weight excluding hydrogens is 280 g/mol. The standard InChI is InChI=1S/C13H18N2O6/c1-6-3-8(9(15(19)20)4-7(6)2)14-13-12(18)11(17)10(16)5-21-13/h3-4,10-14,16-18H,5H2,1-2H3/t10-,11-,12-,13+/m1/s1. The molecule has 1 aromatic carbocycles. The van der Waals surface area contributed by atoms with Crippen LogP contribution < -0.4 is 5.32 Å². The lowest BCUT2D eigenvalue weighted by molar-refractivity contribution is -0.384. The highest BCUT2D eigenvalue weighted by molar-refractivity contribution is 5.64. The highest BCUT2D eigenvalue weighted by Gasteiger charge is 2.38. The number of hydrogen-bond donors (Lipinski definition) is 4.